The van der Waals surface area contributed by atoms with Crippen LogP contribution in [0.3, 0.4) is 0 Å². The molecule has 0 radical (unpaired) electrons. The average molecular weight is 323 g/mol. The SMILES string of the molecule is C[C@H]1C(C[NH2+]/C=C(\N=N)c2cccc(N)n2)O[C@@H](O)C(O)C1N. The lowest BCUT2D eigenvalue weighted by molar-refractivity contribution is -0.599. The summed E-state index contributed by atoms with van der Waals surface area (Å²) in [5.74, 6) is 0.226. The Morgan fingerprint density at radius 1 is 1.52 bits per heavy atom. The Morgan fingerprint density at radius 3 is 2.91 bits per heavy atom. The third-order valence-electron chi connectivity index (χ3n) is 3.99. The number of nitrogens with one attached hydrogen (secondary N) is 1. The zero-order valence-corrected chi connectivity index (χ0v) is 12.8. The van der Waals surface area contributed by atoms with Crippen molar-refractivity contribution in [3.05, 3.63) is 30.1 Å². The molecule has 9 N–H and O–H groups in total. The molecule has 2 heterocycles. The number of nitrogens with zero attached hydrogens (tertiary/aromatic N) is 2. The van der Waals surface area contributed by atoms with Gasteiger partial charge in [0.2, 0.25) is 0 Å². The van der Waals surface area contributed by atoms with E-state index in [0.29, 0.717) is 23.8 Å². The number of aromatic nitrogens is 1. The van der Waals surface area contributed by atoms with Gasteiger partial charge in [0.05, 0.1) is 5.69 Å². The topological polar surface area (TPSA) is 167 Å². The second-order valence-electron chi connectivity index (χ2n) is 5.57. The molecule has 0 spiro atoms. The van der Waals surface area contributed by atoms with E-state index < -0.39 is 18.4 Å². The van der Waals surface area contributed by atoms with Gasteiger partial charge in [-0.1, -0.05) is 13.0 Å². The molecule has 0 aromatic carbocycles. The summed E-state index contributed by atoms with van der Waals surface area (Å²) in [6.07, 6.45) is -1.07. The summed E-state index contributed by atoms with van der Waals surface area (Å²) in [4.78, 5) is 4.11. The highest BCUT2D eigenvalue weighted by atomic mass is 16.6. The van der Waals surface area contributed by atoms with Crippen LogP contribution in [0.4, 0.5) is 5.82 Å². The van der Waals surface area contributed by atoms with E-state index in [1.54, 1.807) is 29.7 Å². The number of anilines is 1. The highest BCUT2D eigenvalue weighted by Gasteiger charge is 2.40. The average Bonchev–Trinajstić information content (AvgIpc) is 2.54. The van der Waals surface area contributed by atoms with E-state index in [2.05, 4.69) is 10.1 Å². The first kappa shape index (κ1) is 17.4. The summed E-state index contributed by atoms with van der Waals surface area (Å²) in [6.45, 7) is 2.32. The van der Waals surface area contributed by atoms with Gasteiger partial charge in [0, 0.05) is 12.0 Å². The molecule has 0 bridgehead atoms. The van der Waals surface area contributed by atoms with E-state index in [-0.39, 0.29) is 12.0 Å². The third-order valence-corrected chi connectivity index (χ3v) is 3.99. The van der Waals surface area contributed by atoms with Crippen LogP contribution in [0.2, 0.25) is 0 Å². The Balaban J connectivity index is 2.00. The molecular formula is C14H23N6O3+. The summed E-state index contributed by atoms with van der Waals surface area (Å²) in [7, 11) is 0. The van der Waals surface area contributed by atoms with Gasteiger partial charge in [0.1, 0.15) is 30.8 Å². The van der Waals surface area contributed by atoms with Crippen molar-refractivity contribution in [2.75, 3.05) is 12.3 Å². The standard InChI is InChI=1S/C14H22N6O3/c1-7-10(23-14(22)13(21)12(7)16)6-18-5-9(20-17)8-3-2-4-11(15)19-8/h2-5,7,10,12-14,17-18,21-22H,6,16H2,1H3,(H2,15,19)/p+1/b9-5-,20-17?/t7-,10?,12?,13?,14+/m0/s1. The summed E-state index contributed by atoms with van der Waals surface area (Å²) >= 11 is 0. The van der Waals surface area contributed by atoms with Crippen molar-refractivity contribution in [3.8, 4) is 0 Å². The highest BCUT2D eigenvalue weighted by molar-refractivity contribution is 5.60. The lowest BCUT2D eigenvalue weighted by Crippen LogP contribution is -2.82. The van der Waals surface area contributed by atoms with Crippen LogP contribution < -0.4 is 16.8 Å². The molecule has 1 aromatic heterocycles. The lowest BCUT2D eigenvalue weighted by atomic mass is 9.89. The largest absolute Gasteiger partial charge is 0.386 e. The van der Waals surface area contributed by atoms with E-state index in [1.807, 2.05) is 6.92 Å². The van der Waals surface area contributed by atoms with E-state index in [4.69, 9.17) is 21.7 Å². The Labute approximate surface area is 133 Å². The number of ether oxygens (including phenoxy) is 1. The van der Waals surface area contributed by atoms with Crippen LogP contribution in [0.15, 0.2) is 29.5 Å². The predicted octanol–water partition coefficient (Wildman–Crippen LogP) is -1.40. The van der Waals surface area contributed by atoms with Crippen LogP contribution in [-0.2, 0) is 4.74 Å². The fourth-order valence-corrected chi connectivity index (χ4v) is 2.49. The quantitative estimate of drug-likeness (QED) is 0.364. The molecule has 126 valence electrons. The predicted molar refractivity (Wildman–Crippen MR) is 82.6 cm³/mol. The third kappa shape index (κ3) is 4.09. The minimum Gasteiger partial charge on any atom is -0.386 e. The monoisotopic (exact) mass is 323 g/mol. The van der Waals surface area contributed by atoms with Gasteiger partial charge in [0.25, 0.3) is 0 Å². The maximum atomic E-state index is 9.68. The number of rotatable bonds is 5. The van der Waals surface area contributed by atoms with E-state index in [0.717, 1.165) is 0 Å². The molecule has 1 aliphatic heterocycles. The Hall–Kier alpha value is -1.91. The first-order chi connectivity index (χ1) is 10.9. The molecule has 0 aliphatic carbocycles. The fraction of sp³-hybridized carbons (Fsp3) is 0.500. The van der Waals surface area contributed by atoms with Crippen molar-refractivity contribution >= 4 is 11.5 Å². The number of hydrogen-bond acceptors (Lipinski definition) is 8. The van der Waals surface area contributed by atoms with Crippen LogP contribution in [0, 0.1) is 11.4 Å². The van der Waals surface area contributed by atoms with Gasteiger partial charge < -0.3 is 31.7 Å². The molecule has 9 nitrogen and oxygen atoms in total. The molecule has 0 amide bonds. The van der Waals surface area contributed by atoms with Crippen molar-refractivity contribution in [3.63, 3.8) is 0 Å². The number of hydrogen-bond donors (Lipinski definition) is 6. The first-order valence-electron chi connectivity index (χ1n) is 7.35. The summed E-state index contributed by atoms with van der Waals surface area (Å²) < 4.78 is 5.37. The smallest absolute Gasteiger partial charge is 0.183 e. The minimum atomic E-state index is -1.29. The molecule has 1 fully saturated rings. The van der Waals surface area contributed by atoms with Gasteiger partial charge in [-0.2, -0.15) is 5.11 Å². The molecular weight excluding hydrogens is 300 g/mol. The number of nitrogen functional groups attached to an aromatic ring is 1. The second kappa shape index (κ2) is 7.57. The maximum absolute atomic E-state index is 9.68. The van der Waals surface area contributed by atoms with Crippen LogP contribution in [0.5, 0.6) is 0 Å². The normalized spacial score (nSPS) is 31.8. The number of pyridine rings is 1. The molecule has 1 saturated heterocycles. The van der Waals surface area contributed by atoms with Gasteiger partial charge >= 0.3 is 0 Å². The number of nitrogens with two attached hydrogens (primary N) is 3. The van der Waals surface area contributed by atoms with Crippen LogP contribution >= 0.6 is 0 Å². The number of aliphatic hydroxyl groups excluding tert-OH is 2. The summed E-state index contributed by atoms with van der Waals surface area (Å²) in [6, 6.07) is 4.54. The van der Waals surface area contributed by atoms with Crippen LogP contribution in [0.1, 0.15) is 12.6 Å². The Bertz CT molecular complexity index is 581. The lowest BCUT2D eigenvalue weighted by Gasteiger charge is -2.39. The van der Waals surface area contributed by atoms with Gasteiger partial charge in [-0.3, -0.25) is 0 Å². The van der Waals surface area contributed by atoms with Crippen molar-refractivity contribution in [2.24, 2.45) is 16.8 Å². The molecule has 0 saturated carbocycles. The van der Waals surface area contributed by atoms with E-state index in [1.165, 1.54) is 0 Å². The molecule has 1 aliphatic rings. The molecule has 2 rings (SSSR count). The highest BCUT2D eigenvalue weighted by Crippen LogP contribution is 2.22. The molecule has 5 atom stereocenters. The van der Waals surface area contributed by atoms with Gasteiger partial charge in [-0.25, -0.2) is 10.5 Å². The summed E-state index contributed by atoms with van der Waals surface area (Å²) in [5.41, 5.74) is 19.6. The van der Waals surface area contributed by atoms with Gasteiger partial charge in [0.15, 0.2) is 12.0 Å². The van der Waals surface area contributed by atoms with E-state index >= 15 is 0 Å². The Kier molecular flexibility index (Phi) is 5.74. The molecule has 3 unspecified atom stereocenters. The van der Waals surface area contributed by atoms with Gasteiger partial charge in [-0.05, 0) is 12.1 Å². The zero-order chi connectivity index (χ0) is 17.0. The second-order valence-corrected chi connectivity index (χ2v) is 5.57. The van der Waals surface area contributed by atoms with Gasteiger partial charge in [-0.15, -0.1) is 0 Å². The first-order valence-corrected chi connectivity index (χ1v) is 7.35. The molecule has 23 heavy (non-hydrogen) atoms. The van der Waals surface area contributed by atoms with Crippen LogP contribution in [-0.4, -0.2) is 46.3 Å². The molecule has 1 aromatic rings. The van der Waals surface area contributed by atoms with Crippen molar-refractivity contribution in [1.29, 1.82) is 5.53 Å². The van der Waals surface area contributed by atoms with E-state index in [9.17, 15) is 10.2 Å². The maximum Gasteiger partial charge on any atom is 0.183 e. The van der Waals surface area contributed by atoms with Crippen LogP contribution in [0.25, 0.3) is 5.70 Å². The van der Waals surface area contributed by atoms with Crippen molar-refractivity contribution < 1.29 is 20.3 Å². The van der Waals surface area contributed by atoms with Crippen molar-refractivity contribution in [2.45, 2.75) is 31.5 Å². The zero-order valence-electron chi connectivity index (χ0n) is 12.8. The minimum absolute atomic E-state index is 0.125. The van der Waals surface area contributed by atoms with Crippen molar-refractivity contribution in [1.82, 2.24) is 4.98 Å². The number of quaternary nitrogens is 1. The summed E-state index contributed by atoms with van der Waals surface area (Å²) in [5, 5.41) is 24.5. The fourth-order valence-electron chi connectivity index (χ4n) is 2.49. The number of aliphatic hydroxyl groups is 2. The Morgan fingerprint density at radius 2 is 2.26 bits per heavy atom. The molecule has 9 heteroatoms.